The van der Waals surface area contributed by atoms with Gasteiger partial charge < -0.3 is 18.9 Å². The lowest BCUT2D eigenvalue weighted by Gasteiger charge is -2.37. The smallest absolute Gasteiger partial charge is 0.308 e. The van der Waals surface area contributed by atoms with Crippen molar-refractivity contribution < 1.29 is 18.9 Å². The van der Waals surface area contributed by atoms with Crippen molar-refractivity contribution in [3.63, 3.8) is 0 Å². The molecule has 0 aliphatic rings. The normalized spacial score (nSPS) is 13.3. The summed E-state index contributed by atoms with van der Waals surface area (Å²) < 4.78 is 23.2. The Balaban J connectivity index is 4.85. The first-order valence-electron chi connectivity index (χ1n) is 6.82. The lowest BCUT2D eigenvalue weighted by atomic mass is 10.4. The van der Waals surface area contributed by atoms with Crippen LogP contribution in [0.25, 0.3) is 0 Å². The Labute approximate surface area is 112 Å². The van der Waals surface area contributed by atoms with Crippen molar-refractivity contribution in [3.8, 4) is 0 Å². The van der Waals surface area contributed by atoms with Gasteiger partial charge in [0.05, 0.1) is 24.4 Å². The van der Waals surface area contributed by atoms with Crippen LogP contribution in [-0.4, -0.2) is 37.0 Å². The Morgan fingerprint density at radius 1 is 0.611 bits per heavy atom. The molecule has 0 bridgehead atoms. The molecule has 0 spiro atoms. The summed E-state index contributed by atoms with van der Waals surface area (Å²) >= 11 is 0. The van der Waals surface area contributed by atoms with Crippen LogP contribution in [0.2, 0.25) is 0 Å². The van der Waals surface area contributed by atoms with E-state index in [1.165, 1.54) is 0 Å². The van der Waals surface area contributed by atoms with Crippen LogP contribution in [0.5, 0.6) is 0 Å². The molecule has 0 aliphatic heterocycles. The molecule has 0 aromatic heterocycles. The molecule has 0 saturated carbocycles. The van der Waals surface area contributed by atoms with Crippen LogP contribution in [0.4, 0.5) is 0 Å². The first kappa shape index (κ1) is 17.8. The number of hydrogen-bond donors (Lipinski definition) is 0. The van der Waals surface area contributed by atoms with E-state index in [-0.39, 0.29) is 31.0 Å². The summed E-state index contributed by atoms with van der Waals surface area (Å²) in [4.78, 5) is 0. The van der Waals surface area contributed by atoms with Gasteiger partial charge in [-0.25, -0.2) is 0 Å². The number of hydrogen-bond acceptors (Lipinski definition) is 4. The molecule has 4 nitrogen and oxygen atoms in total. The lowest BCUT2D eigenvalue weighted by Crippen LogP contribution is -2.49. The maximum atomic E-state index is 5.84. The van der Waals surface area contributed by atoms with Crippen molar-refractivity contribution in [1.82, 2.24) is 0 Å². The molecular weight excluding hydrogens is 232 g/mol. The fourth-order valence-corrected chi connectivity index (χ4v) is 1.53. The molecule has 0 atom stereocenters. The molecule has 4 heteroatoms. The second kappa shape index (κ2) is 8.10. The van der Waals surface area contributed by atoms with Crippen molar-refractivity contribution in [1.29, 1.82) is 0 Å². The Morgan fingerprint density at radius 2 is 0.944 bits per heavy atom. The van der Waals surface area contributed by atoms with Crippen molar-refractivity contribution in [2.45, 2.75) is 85.8 Å². The van der Waals surface area contributed by atoms with E-state index in [0.717, 1.165) is 0 Å². The highest BCUT2D eigenvalue weighted by Gasteiger charge is 2.38. The third-order valence-corrected chi connectivity index (χ3v) is 1.84. The minimum Gasteiger partial charge on any atom is -0.370 e. The molecule has 0 aliphatic carbocycles. The second-order valence-electron chi connectivity index (χ2n) is 5.54. The maximum Gasteiger partial charge on any atom is 0.308 e. The van der Waals surface area contributed by atoms with Crippen LogP contribution in [0.15, 0.2) is 0 Å². The summed E-state index contributed by atoms with van der Waals surface area (Å²) in [6, 6.07) is 0. The van der Waals surface area contributed by atoms with Gasteiger partial charge in [0.25, 0.3) is 0 Å². The molecule has 0 aromatic rings. The summed E-state index contributed by atoms with van der Waals surface area (Å²) in [5, 5.41) is 0. The Bertz CT molecular complexity index is 185. The zero-order chi connectivity index (χ0) is 14.3. The minimum absolute atomic E-state index is 0.00161. The SMILES string of the molecule is CC(C)OCC(OC(C)C)(OC(C)C)OC(C)C. The van der Waals surface area contributed by atoms with Crippen LogP contribution in [-0.2, 0) is 18.9 Å². The van der Waals surface area contributed by atoms with Crippen molar-refractivity contribution >= 4 is 0 Å². The molecular formula is C14H30O4. The molecule has 0 aromatic carbocycles. The monoisotopic (exact) mass is 262 g/mol. The zero-order valence-electron chi connectivity index (χ0n) is 13.1. The lowest BCUT2D eigenvalue weighted by molar-refractivity contribution is -0.423. The molecule has 0 rings (SSSR count). The van der Waals surface area contributed by atoms with E-state index < -0.39 is 5.97 Å². The highest BCUT2D eigenvalue weighted by atomic mass is 16.9. The third kappa shape index (κ3) is 8.03. The van der Waals surface area contributed by atoms with Crippen molar-refractivity contribution in [2.24, 2.45) is 0 Å². The van der Waals surface area contributed by atoms with Crippen LogP contribution in [0.3, 0.4) is 0 Å². The Hall–Kier alpha value is -0.160. The molecule has 0 unspecified atom stereocenters. The van der Waals surface area contributed by atoms with Gasteiger partial charge in [-0.3, -0.25) is 0 Å². The summed E-state index contributed by atoms with van der Waals surface area (Å²) in [5.74, 6) is -1.12. The summed E-state index contributed by atoms with van der Waals surface area (Å²) in [5.41, 5.74) is 0. The molecule has 0 heterocycles. The predicted octanol–water partition coefficient (Wildman–Crippen LogP) is 3.34. The minimum atomic E-state index is -1.12. The van der Waals surface area contributed by atoms with Gasteiger partial charge >= 0.3 is 5.97 Å². The molecule has 18 heavy (non-hydrogen) atoms. The van der Waals surface area contributed by atoms with E-state index in [0.29, 0.717) is 0 Å². The number of ether oxygens (including phenoxy) is 4. The van der Waals surface area contributed by atoms with Crippen molar-refractivity contribution in [2.75, 3.05) is 6.61 Å². The van der Waals surface area contributed by atoms with Gasteiger partial charge in [0.2, 0.25) is 0 Å². The van der Waals surface area contributed by atoms with Gasteiger partial charge in [0, 0.05) is 0 Å². The molecule has 0 fully saturated rings. The summed E-state index contributed by atoms with van der Waals surface area (Å²) in [6.45, 7) is 16.0. The summed E-state index contributed by atoms with van der Waals surface area (Å²) in [7, 11) is 0. The first-order valence-corrected chi connectivity index (χ1v) is 6.82. The topological polar surface area (TPSA) is 36.9 Å². The van der Waals surface area contributed by atoms with Crippen LogP contribution < -0.4 is 0 Å². The first-order chi connectivity index (χ1) is 8.17. The second-order valence-corrected chi connectivity index (χ2v) is 5.54. The van der Waals surface area contributed by atoms with Gasteiger partial charge in [-0.1, -0.05) is 0 Å². The van der Waals surface area contributed by atoms with E-state index in [9.17, 15) is 0 Å². The Morgan fingerprint density at radius 3 is 1.17 bits per heavy atom. The summed E-state index contributed by atoms with van der Waals surface area (Å²) in [6.07, 6.45) is 0.0986. The number of rotatable bonds is 9. The van der Waals surface area contributed by atoms with Gasteiger partial charge in [-0.2, -0.15) is 0 Å². The average molecular weight is 262 g/mol. The molecule has 0 saturated heterocycles. The van der Waals surface area contributed by atoms with E-state index >= 15 is 0 Å². The van der Waals surface area contributed by atoms with Gasteiger partial charge in [-0.15, -0.1) is 0 Å². The Kier molecular flexibility index (Phi) is 8.03. The highest BCUT2D eigenvalue weighted by Crippen LogP contribution is 2.23. The van der Waals surface area contributed by atoms with Crippen molar-refractivity contribution in [3.05, 3.63) is 0 Å². The third-order valence-electron chi connectivity index (χ3n) is 1.84. The van der Waals surface area contributed by atoms with Gasteiger partial charge in [0.15, 0.2) is 0 Å². The van der Waals surface area contributed by atoms with Gasteiger partial charge in [-0.05, 0) is 55.4 Å². The van der Waals surface area contributed by atoms with Crippen LogP contribution in [0, 0.1) is 0 Å². The fourth-order valence-electron chi connectivity index (χ4n) is 1.53. The van der Waals surface area contributed by atoms with Gasteiger partial charge in [0.1, 0.15) is 6.61 Å². The highest BCUT2D eigenvalue weighted by molar-refractivity contribution is 4.63. The fraction of sp³-hybridized carbons (Fsp3) is 1.00. The average Bonchev–Trinajstić information content (AvgIpc) is 2.11. The predicted molar refractivity (Wildman–Crippen MR) is 72.5 cm³/mol. The molecule has 110 valence electrons. The standard InChI is InChI=1S/C14H30O4/c1-10(2)15-9-14(16-11(3)4,17-12(5)6)18-13(7)8/h10-13H,9H2,1-8H3. The van der Waals surface area contributed by atoms with Crippen LogP contribution in [0.1, 0.15) is 55.4 Å². The molecule has 0 N–H and O–H groups in total. The zero-order valence-corrected chi connectivity index (χ0v) is 13.1. The molecule has 0 radical (unpaired) electrons. The van der Waals surface area contributed by atoms with E-state index in [1.807, 2.05) is 55.4 Å². The van der Waals surface area contributed by atoms with E-state index in [1.54, 1.807) is 0 Å². The van der Waals surface area contributed by atoms with E-state index in [4.69, 9.17) is 18.9 Å². The maximum absolute atomic E-state index is 5.84. The quantitative estimate of drug-likeness (QED) is 0.597. The van der Waals surface area contributed by atoms with E-state index in [2.05, 4.69) is 0 Å². The largest absolute Gasteiger partial charge is 0.370 e. The van der Waals surface area contributed by atoms with Crippen LogP contribution >= 0.6 is 0 Å². The molecule has 0 amide bonds.